The minimum atomic E-state index is -1.10. The number of pyridine rings is 1. The first-order chi connectivity index (χ1) is 31.8. The van der Waals surface area contributed by atoms with Gasteiger partial charge in [-0.3, -0.25) is 29.3 Å². The molecule has 2 aromatic heterocycles. The Morgan fingerprint density at radius 1 is 0.910 bits per heavy atom. The third-order valence-electron chi connectivity index (χ3n) is 10.6. The number of para-hydroxylation sites is 1. The molecule has 5 rings (SSSR count). The lowest BCUT2D eigenvalue weighted by Crippen LogP contribution is -2.45. The van der Waals surface area contributed by atoms with Crippen molar-refractivity contribution in [2.45, 2.75) is 117 Å². The van der Waals surface area contributed by atoms with E-state index in [-0.39, 0.29) is 83.0 Å². The molecule has 1 saturated heterocycles. The van der Waals surface area contributed by atoms with Crippen molar-refractivity contribution < 1.29 is 57.8 Å². The van der Waals surface area contributed by atoms with Crippen LogP contribution in [0.25, 0.3) is 21.9 Å². The summed E-state index contributed by atoms with van der Waals surface area (Å²) in [4.78, 5) is 115. The van der Waals surface area contributed by atoms with Gasteiger partial charge in [-0.2, -0.15) is 0 Å². The van der Waals surface area contributed by atoms with Crippen molar-refractivity contribution in [3.05, 3.63) is 59.9 Å². The average molecular weight is 930 g/mol. The maximum atomic E-state index is 13.7. The Kier molecular flexibility index (Phi) is 17.8. The van der Waals surface area contributed by atoms with Gasteiger partial charge in [0.2, 0.25) is 11.8 Å². The fraction of sp³-hybridized carbons (Fsp3) is 0.478. The second kappa shape index (κ2) is 23.4. The van der Waals surface area contributed by atoms with E-state index in [0.29, 0.717) is 51.7 Å². The molecule has 21 nitrogen and oxygen atoms in total. The Balaban J connectivity index is 1.19. The number of hydrogen-bond donors (Lipinski definition) is 6. The zero-order valence-corrected chi connectivity index (χ0v) is 38.3. The highest BCUT2D eigenvalue weighted by Gasteiger charge is 2.33. The fourth-order valence-corrected chi connectivity index (χ4v) is 7.36. The van der Waals surface area contributed by atoms with Crippen LogP contribution in [0.3, 0.4) is 0 Å². The number of nitrogens with zero attached hydrogens (tertiary/aromatic N) is 4. The standard InChI is InChI=1S/C46H59N9O12/c1-6-65-25-34-51-40-41(54(34)26-46(4,5)64)31-12-7-8-13-32(31)50-42(40)53-45(63)66-24-28-16-18-30(19-17-28)49-43(61)29(11-10-22-48-44(47)62)23-33(56)39(27(2)3)52-35(57)14-9-15-38(60)67-55-36(58)20-21-37(55)59/h7-8,12-13,16-19,27,29,39,64H,6,9-11,14-15,20-26H2,1-5H3,(H,49,61)(H,52,57)(H3,47,48,62)(H,50,53,63)/t29-,39+/m1/s1. The number of ether oxygens (including phenoxy) is 2. The smallest absolute Gasteiger partial charge is 0.413 e. The number of hydrogen-bond acceptors (Lipinski definition) is 14. The number of benzene rings is 2. The summed E-state index contributed by atoms with van der Waals surface area (Å²) in [6.45, 7) is 9.55. The lowest BCUT2D eigenvalue weighted by Gasteiger charge is -2.24. The molecule has 0 spiro atoms. The van der Waals surface area contributed by atoms with Gasteiger partial charge in [-0.1, -0.05) is 44.2 Å². The topological polar surface area (TPSA) is 293 Å². The number of Topliss-reactive ketones (excluding diaryl/α,β-unsaturated/α-hetero) is 1. The normalized spacial score (nSPS) is 13.7. The van der Waals surface area contributed by atoms with Crippen molar-refractivity contribution in [2.24, 2.45) is 17.6 Å². The quantitative estimate of drug-likeness (QED) is 0.0416. The van der Waals surface area contributed by atoms with Crippen LogP contribution in [0, 0.1) is 11.8 Å². The Labute approximate surface area is 386 Å². The monoisotopic (exact) mass is 929 g/mol. The highest BCUT2D eigenvalue weighted by atomic mass is 16.7. The van der Waals surface area contributed by atoms with Crippen molar-refractivity contribution >= 4 is 80.9 Å². The van der Waals surface area contributed by atoms with Gasteiger partial charge in [0, 0.05) is 62.2 Å². The van der Waals surface area contributed by atoms with Crippen molar-refractivity contribution in [3.63, 3.8) is 0 Å². The first kappa shape index (κ1) is 51.0. The molecule has 4 aromatic rings. The van der Waals surface area contributed by atoms with Gasteiger partial charge in [0.05, 0.1) is 29.2 Å². The summed E-state index contributed by atoms with van der Waals surface area (Å²) < 4.78 is 13.1. The zero-order valence-electron chi connectivity index (χ0n) is 38.3. The van der Waals surface area contributed by atoms with E-state index in [1.807, 2.05) is 29.7 Å². The molecule has 3 heterocycles. The molecule has 0 radical (unpaired) electrons. The molecule has 2 atom stereocenters. The van der Waals surface area contributed by atoms with E-state index in [2.05, 4.69) is 26.3 Å². The number of nitrogens with one attached hydrogen (secondary N) is 4. The number of nitrogens with two attached hydrogens (primary N) is 1. The van der Waals surface area contributed by atoms with E-state index in [0.717, 1.165) is 5.39 Å². The molecule has 0 bridgehead atoms. The van der Waals surface area contributed by atoms with Crippen molar-refractivity contribution in [1.82, 2.24) is 30.2 Å². The lowest BCUT2D eigenvalue weighted by molar-refractivity contribution is -0.197. The summed E-state index contributed by atoms with van der Waals surface area (Å²) >= 11 is 0. The van der Waals surface area contributed by atoms with Crippen molar-refractivity contribution in [1.29, 1.82) is 0 Å². The molecule has 7 amide bonds. The van der Waals surface area contributed by atoms with Gasteiger partial charge < -0.3 is 45.7 Å². The Bertz CT molecular complexity index is 2450. The van der Waals surface area contributed by atoms with Gasteiger partial charge in [0.15, 0.2) is 11.6 Å². The van der Waals surface area contributed by atoms with Crippen molar-refractivity contribution in [3.8, 4) is 0 Å². The van der Waals surface area contributed by atoms with Crippen LogP contribution in [-0.2, 0) is 62.8 Å². The van der Waals surface area contributed by atoms with E-state index in [9.17, 15) is 43.5 Å². The molecule has 1 fully saturated rings. The van der Waals surface area contributed by atoms with E-state index in [1.165, 1.54) is 0 Å². The van der Waals surface area contributed by atoms with Crippen LogP contribution in [0.4, 0.5) is 21.1 Å². The zero-order chi connectivity index (χ0) is 48.8. The maximum Gasteiger partial charge on any atom is 0.413 e. The number of imidazole rings is 1. The summed E-state index contributed by atoms with van der Waals surface area (Å²) in [5, 5.41) is 22.7. The summed E-state index contributed by atoms with van der Waals surface area (Å²) in [6.07, 6.45) is -1.02. The first-order valence-electron chi connectivity index (χ1n) is 22.2. The molecule has 1 aliphatic rings. The number of aromatic nitrogens is 3. The molecule has 2 aromatic carbocycles. The minimum Gasteiger partial charge on any atom is -0.444 e. The maximum absolute atomic E-state index is 13.7. The van der Waals surface area contributed by atoms with Crippen LogP contribution < -0.4 is 27.0 Å². The fourth-order valence-electron chi connectivity index (χ4n) is 7.36. The number of rotatable bonds is 24. The molecule has 1 aliphatic heterocycles. The highest BCUT2D eigenvalue weighted by molar-refractivity contribution is 6.09. The molecule has 21 heteroatoms. The largest absolute Gasteiger partial charge is 0.444 e. The van der Waals surface area contributed by atoms with Gasteiger partial charge in [0.1, 0.15) is 24.6 Å². The van der Waals surface area contributed by atoms with E-state index in [4.69, 9.17) is 25.0 Å². The molecular formula is C46H59N9O12. The summed E-state index contributed by atoms with van der Waals surface area (Å²) in [7, 11) is 0. The minimum absolute atomic E-state index is 0.0246. The summed E-state index contributed by atoms with van der Waals surface area (Å²) in [5.41, 5.74) is 6.74. The van der Waals surface area contributed by atoms with Crippen LogP contribution in [0.5, 0.6) is 0 Å². The third kappa shape index (κ3) is 14.8. The van der Waals surface area contributed by atoms with E-state index < -0.39 is 65.1 Å². The molecule has 67 heavy (non-hydrogen) atoms. The summed E-state index contributed by atoms with van der Waals surface area (Å²) in [5.74, 6) is -4.02. The predicted molar refractivity (Wildman–Crippen MR) is 243 cm³/mol. The molecule has 0 unspecified atom stereocenters. The number of ketones is 1. The number of imide groups is 1. The van der Waals surface area contributed by atoms with Crippen LogP contribution >= 0.6 is 0 Å². The highest BCUT2D eigenvalue weighted by Crippen LogP contribution is 2.32. The number of aliphatic hydroxyl groups is 1. The van der Waals surface area contributed by atoms with Gasteiger partial charge in [-0.15, -0.1) is 5.06 Å². The van der Waals surface area contributed by atoms with Gasteiger partial charge in [-0.25, -0.2) is 24.4 Å². The van der Waals surface area contributed by atoms with Crippen LogP contribution in [0.2, 0.25) is 0 Å². The second-order valence-corrected chi connectivity index (χ2v) is 17.1. The average Bonchev–Trinajstić information content (AvgIpc) is 3.78. The Hall–Kier alpha value is -7.00. The number of urea groups is 1. The Morgan fingerprint density at radius 3 is 2.27 bits per heavy atom. The second-order valence-electron chi connectivity index (χ2n) is 17.1. The molecule has 360 valence electrons. The van der Waals surface area contributed by atoms with Crippen LogP contribution in [0.1, 0.15) is 97.4 Å². The van der Waals surface area contributed by atoms with Crippen molar-refractivity contribution in [2.75, 3.05) is 23.8 Å². The number of carbonyl (C=O) groups excluding carboxylic acids is 8. The number of hydroxylamine groups is 2. The lowest BCUT2D eigenvalue weighted by atomic mass is 9.89. The number of primary amides is 1. The Morgan fingerprint density at radius 2 is 1.61 bits per heavy atom. The third-order valence-corrected chi connectivity index (χ3v) is 10.6. The molecular weight excluding hydrogens is 871 g/mol. The van der Waals surface area contributed by atoms with Gasteiger partial charge >= 0.3 is 18.1 Å². The number of amides is 7. The van der Waals surface area contributed by atoms with E-state index >= 15 is 0 Å². The number of carbonyl (C=O) groups is 8. The first-order valence-corrected chi connectivity index (χ1v) is 22.2. The SMILES string of the molecule is CCOCc1nc2c(NC(=O)OCc3ccc(NC(=O)[C@H](CCCNC(N)=O)CC(=O)[C@@H](NC(=O)CCCC(=O)ON4C(=O)CCC4=O)C(C)C)cc3)nc3ccccc3c2n1CC(C)(C)O. The number of fused-ring (bicyclic) bond motifs is 3. The number of anilines is 2. The molecule has 0 aliphatic carbocycles. The molecule has 7 N–H and O–H groups in total. The predicted octanol–water partition coefficient (Wildman–Crippen LogP) is 4.52. The van der Waals surface area contributed by atoms with E-state index in [1.54, 1.807) is 58.0 Å². The van der Waals surface area contributed by atoms with Gasteiger partial charge in [-0.05, 0) is 69.7 Å². The molecule has 0 saturated carbocycles. The van der Waals surface area contributed by atoms with Crippen LogP contribution in [-0.4, -0.2) is 97.0 Å². The summed E-state index contributed by atoms with van der Waals surface area (Å²) in [6, 6.07) is 12.2. The van der Waals surface area contributed by atoms with Crippen LogP contribution in [0.15, 0.2) is 48.5 Å². The van der Waals surface area contributed by atoms with Gasteiger partial charge in [0.25, 0.3) is 11.8 Å².